The van der Waals surface area contributed by atoms with Gasteiger partial charge in [0.1, 0.15) is 17.3 Å². The second kappa shape index (κ2) is 8.97. The van der Waals surface area contributed by atoms with Crippen LogP contribution in [0, 0.1) is 11.6 Å². The van der Waals surface area contributed by atoms with E-state index >= 15 is 0 Å². The molecule has 1 aromatic heterocycles. The molecule has 1 atom stereocenters. The van der Waals surface area contributed by atoms with Crippen LogP contribution in [0.5, 0.6) is 0 Å². The number of nitrogens with one attached hydrogen (secondary N) is 1. The van der Waals surface area contributed by atoms with Crippen LogP contribution in [0.2, 0.25) is 5.02 Å². The molecule has 0 radical (unpaired) electrons. The van der Waals surface area contributed by atoms with Crippen LogP contribution in [-0.2, 0) is 26.1 Å². The normalized spacial score (nSPS) is 17.9. The van der Waals surface area contributed by atoms with Crippen molar-refractivity contribution in [1.29, 1.82) is 0 Å². The van der Waals surface area contributed by atoms with Gasteiger partial charge in [0, 0.05) is 16.7 Å². The zero-order valence-electron chi connectivity index (χ0n) is 18.2. The zero-order valence-corrected chi connectivity index (χ0v) is 18.9. The maximum Gasteiger partial charge on any atom is 0.434 e. The number of hydrogen-bond donors (Lipinski definition) is 1. The van der Waals surface area contributed by atoms with Crippen LogP contribution in [0.25, 0.3) is 11.4 Å². The third-order valence-corrected chi connectivity index (χ3v) is 5.39. The predicted octanol–water partition coefficient (Wildman–Crippen LogP) is 5.55. The third-order valence-electron chi connectivity index (χ3n) is 5.08. The Balaban J connectivity index is 1.93. The lowest BCUT2D eigenvalue weighted by atomic mass is 9.89. The second-order valence-electron chi connectivity index (χ2n) is 7.84. The van der Waals surface area contributed by atoms with Gasteiger partial charge in [0.25, 0.3) is 0 Å². The summed E-state index contributed by atoms with van der Waals surface area (Å²) < 4.78 is 77.1. The van der Waals surface area contributed by atoms with Crippen molar-refractivity contribution in [2.24, 2.45) is 0 Å². The number of alkyl halides is 3. The highest BCUT2D eigenvalue weighted by atomic mass is 35.5. The smallest absolute Gasteiger partial charge is 0.434 e. The standard InChI is InChI=1S/C23H17ClF5N3O3/c1-12(2)34-21(33)22(19-14(24)6-5-8-16(19)26)10-18(35-31-22)13-11-30-32(20(13)23(27,28)29)17-9-4-3-7-15(17)25/h3-12,31H,1-2H3. The van der Waals surface area contributed by atoms with Crippen LogP contribution in [-0.4, -0.2) is 21.9 Å². The Morgan fingerprint density at radius 3 is 2.46 bits per heavy atom. The Morgan fingerprint density at radius 2 is 1.83 bits per heavy atom. The fraction of sp³-hybridized carbons (Fsp3) is 0.217. The summed E-state index contributed by atoms with van der Waals surface area (Å²) >= 11 is 6.17. The van der Waals surface area contributed by atoms with E-state index in [2.05, 4.69) is 10.6 Å². The quantitative estimate of drug-likeness (QED) is 0.358. The van der Waals surface area contributed by atoms with Gasteiger partial charge in [0.05, 0.1) is 17.9 Å². The molecule has 0 saturated carbocycles. The van der Waals surface area contributed by atoms with Crippen molar-refractivity contribution < 1.29 is 36.3 Å². The number of ether oxygens (including phenoxy) is 1. The fourth-order valence-electron chi connectivity index (χ4n) is 3.64. The number of benzene rings is 2. The van der Waals surface area contributed by atoms with Gasteiger partial charge in [-0.05, 0) is 38.1 Å². The molecule has 6 nitrogen and oxygen atoms in total. The molecule has 0 spiro atoms. The van der Waals surface area contributed by atoms with Gasteiger partial charge in [0.2, 0.25) is 5.54 Å². The molecule has 2 aromatic carbocycles. The minimum absolute atomic E-state index is 0.197. The highest BCUT2D eigenvalue weighted by Crippen LogP contribution is 2.43. The maximum atomic E-state index is 14.9. The number of para-hydroxylation sites is 1. The summed E-state index contributed by atoms with van der Waals surface area (Å²) in [6, 6.07) is 8.38. The van der Waals surface area contributed by atoms with Crippen LogP contribution < -0.4 is 5.48 Å². The highest BCUT2D eigenvalue weighted by Gasteiger charge is 2.51. The molecule has 2 heterocycles. The van der Waals surface area contributed by atoms with Crippen molar-refractivity contribution in [3.63, 3.8) is 0 Å². The summed E-state index contributed by atoms with van der Waals surface area (Å²) in [6.07, 6.45) is -3.94. The molecule has 0 aliphatic carbocycles. The molecule has 1 unspecified atom stereocenters. The predicted molar refractivity (Wildman–Crippen MR) is 115 cm³/mol. The number of hydroxylamine groups is 1. The molecular formula is C23H17ClF5N3O3. The van der Waals surface area contributed by atoms with Crippen molar-refractivity contribution in [2.75, 3.05) is 0 Å². The Morgan fingerprint density at radius 1 is 1.14 bits per heavy atom. The topological polar surface area (TPSA) is 65.4 Å². The number of carbonyl (C=O) groups is 1. The SMILES string of the molecule is CC(C)OC(=O)C1(c2c(F)cccc2Cl)C=C(c2cnn(-c3ccccc3F)c2C(F)(F)F)ON1. The summed E-state index contributed by atoms with van der Waals surface area (Å²) in [4.78, 5) is 18.4. The van der Waals surface area contributed by atoms with Crippen LogP contribution in [0.3, 0.4) is 0 Å². The van der Waals surface area contributed by atoms with E-state index in [0.717, 1.165) is 30.5 Å². The second-order valence-corrected chi connectivity index (χ2v) is 8.25. The average Bonchev–Trinajstić information content (AvgIpc) is 3.39. The Bertz CT molecular complexity index is 1300. The van der Waals surface area contributed by atoms with E-state index in [9.17, 15) is 26.7 Å². The van der Waals surface area contributed by atoms with Gasteiger partial charge in [-0.15, -0.1) is 5.48 Å². The first-order chi connectivity index (χ1) is 16.5. The van der Waals surface area contributed by atoms with Crippen LogP contribution in [0.1, 0.15) is 30.7 Å². The van der Waals surface area contributed by atoms with Gasteiger partial charge >= 0.3 is 12.1 Å². The lowest BCUT2D eigenvalue weighted by Crippen LogP contribution is -2.46. The Hall–Kier alpha value is -3.44. The number of esters is 1. The van der Waals surface area contributed by atoms with Crippen LogP contribution in [0.4, 0.5) is 22.0 Å². The number of hydrogen-bond acceptors (Lipinski definition) is 5. The summed E-state index contributed by atoms with van der Waals surface area (Å²) in [5.74, 6) is -3.45. The molecule has 0 amide bonds. The largest absolute Gasteiger partial charge is 0.461 e. The number of halogens is 6. The third kappa shape index (κ3) is 4.37. The molecule has 0 fully saturated rings. The lowest BCUT2D eigenvalue weighted by Gasteiger charge is -2.26. The van der Waals surface area contributed by atoms with Gasteiger partial charge in [-0.25, -0.2) is 18.3 Å². The fourth-order valence-corrected chi connectivity index (χ4v) is 3.95. The van der Waals surface area contributed by atoms with E-state index in [0.29, 0.717) is 4.68 Å². The van der Waals surface area contributed by atoms with Gasteiger partial charge < -0.3 is 9.57 Å². The highest BCUT2D eigenvalue weighted by molar-refractivity contribution is 6.31. The van der Waals surface area contributed by atoms with E-state index in [1.54, 1.807) is 0 Å². The van der Waals surface area contributed by atoms with E-state index in [1.165, 1.54) is 38.1 Å². The maximum absolute atomic E-state index is 14.9. The van der Waals surface area contributed by atoms with Crippen molar-refractivity contribution in [2.45, 2.75) is 31.7 Å². The first-order valence-corrected chi connectivity index (χ1v) is 10.6. The molecule has 0 saturated heterocycles. The monoisotopic (exact) mass is 513 g/mol. The van der Waals surface area contributed by atoms with E-state index in [1.807, 2.05) is 0 Å². The van der Waals surface area contributed by atoms with Crippen molar-refractivity contribution in [3.8, 4) is 5.69 Å². The molecule has 3 aromatic rings. The average molecular weight is 514 g/mol. The summed E-state index contributed by atoms with van der Waals surface area (Å²) in [7, 11) is 0. The van der Waals surface area contributed by atoms with E-state index < -0.39 is 63.7 Å². The molecule has 12 heteroatoms. The van der Waals surface area contributed by atoms with Gasteiger partial charge in [0.15, 0.2) is 11.5 Å². The Kier molecular flexibility index (Phi) is 6.32. The molecule has 4 rings (SSSR count). The van der Waals surface area contributed by atoms with E-state index in [-0.39, 0.29) is 5.02 Å². The molecule has 1 aliphatic heterocycles. The van der Waals surface area contributed by atoms with E-state index in [4.69, 9.17) is 21.2 Å². The minimum atomic E-state index is -5.02. The van der Waals surface area contributed by atoms with Gasteiger partial charge in [-0.2, -0.15) is 18.3 Å². The summed E-state index contributed by atoms with van der Waals surface area (Å²) in [5.41, 5.74) is -2.79. The number of rotatable bonds is 5. The summed E-state index contributed by atoms with van der Waals surface area (Å²) in [6.45, 7) is 3.07. The number of carbonyl (C=O) groups excluding carboxylic acids is 1. The lowest BCUT2D eigenvalue weighted by molar-refractivity contribution is -0.157. The van der Waals surface area contributed by atoms with Crippen molar-refractivity contribution in [3.05, 3.63) is 88.2 Å². The zero-order chi connectivity index (χ0) is 25.5. The summed E-state index contributed by atoms with van der Waals surface area (Å²) in [5, 5.41) is 3.50. The van der Waals surface area contributed by atoms with Crippen molar-refractivity contribution in [1.82, 2.24) is 15.3 Å². The van der Waals surface area contributed by atoms with Gasteiger partial charge in [-0.1, -0.05) is 29.8 Å². The minimum Gasteiger partial charge on any atom is -0.461 e. The molecule has 1 N–H and O–H groups in total. The Labute approximate surface area is 200 Å². The molecular weight excluding hydrogens is 497 g/mol. The molecule has 184 valence electrons. The molecule has 35 heavy (non-hydrogen) atoms. The number of aromatic nitrogens is 2. The molecule has 1 aliphatic rings. The molecule has 0 bridgehead atoms. The van der Waals surface area contributed by atoms with Crippen LogP contribution in [0.15, 0.2) is 54.7 Å². The van der Waals surface area contributed by atoms with Crippen LogP contribution >= 0.6 is 11.6 Å². The van der Waals surface area contributed by atoms with Gasteiger partial charge in [-0.3, -0.25) is 0 Å². The number of nitrogens with zero attached hydrogens (tertiary/aromatic N) is 2. The first kappa shape index (κ1) is 24.7. The first-order valence-electron chi connectivity index (χ1n) is 10.2. The van der Waals surface area contributed by atoms with Crippen molar-refractivity contribution >= 4 is 23.3 Å².